The molecule has 0 fully saturated rings. The number of hydrogen-bond acceptors (Lipinski definition) is 5. The van der Waals surface area contributed by atoms with E-state index in [1.54, 1.807) is 11.3 Å². The van der Waals surface area contributed by atoms with E-state index >= 15 is 0 Å². The molecule has 0 unspecified atom stereocenters. The molecule has 0 aliphatic heterocycles. The van der Waals surface area contributed by atoms with Crippen LogP contribution in [0.2, 0.25) is 0 Å². The summed E-state index contributed by atoms with van der Waals surface area (Å²) >= 11 is 1.62. The van der Waals surface area contributed by atoms with Crippen LogP contribution in [-0.2, 0) is 11.3 Å². The highest BCUT2D eigenvalue weighted by molar-refractivity contribution is 7.09. The molecule has 1 N–H and O–H groups in total. The Morgan fingerprint density at radius 1 is 1.18 bits per heavy atom. The van der Waals surface area contributed by atoms with Crippen molar-refractivity contribution >= 4 is 33.9 Å². The zero-order chi connectivity index (χ0) is 19.5. The van der Waals surface area contributed by atoms with Gasteiger partial charge in [-0.3, -0.25) is 4.79 Å². The average Bonchev–Trinajstić information content (AvgIpc) is 3.30. The number of nitrogens with one attached hydrogen (secondary N) is 1. The van der Waals surface area contributed by atoms with Gasteiger partial charge in [0.15, 0.2) is 5.76 Å². The summed E-state index contributed by atoms with van der Waals surface area (Å²) in [4.78, 5) is 17.3. The molecule has 6 heteroatoms. The lowest BCUT2D eigenvalue weighted by Gasteiger charge is -2.06. The number of aryl methyl sites for hydroxylation is 1. The van der Waals surface area contributed by atoms with Crippen molar-refractivity contribution in [1.82, 2.24) is 4.98 Å². The third kappa shape index (κ3) is 3.69. The molecule has 0 bridgehead atoms. The summed E-state index contributed by atoms with van der Waals surface area (Å²) in [6.45, 7) is 4.81. The summed E-state index contributed by atoms with van der Waals surface area (Å²) in [6.07, 6.45) is 0. The molecule has 0 radical (unpaired) electrons. The standard InChI is InChI=1S/C22H20N2O3S/c1-3-26-12-18-17-6-4-5-7-20(17)27-21(18)22(25)24-16-10-8-15(9-11-16)19-13-28-14(2)23-19/h4-11,13H,3,12H2,1-2H3,(H,24,25). The fraction of sp³-hybridized carbons (Fsp3) is 0.182. The molecule has 4 aromatic rings. The quantitative estimate of drug-likeness (QED) is 0.460. The zero-order valence-corrected chi connectivity index (χ0v) is 16.5. The van der Waals surface area contributed by atoms with Crippen LogP contribution in [0.3, 0.4) is 0 Å². The first-order valence-corrected chi connectivity index (χ1v) is 9.95. The van der Waals surface area contributed by atoms with Crippen LogP contribution in [0.15, 0.2) is 58.3 Å². The van der Waals surface area contributed by atoms with Crippen molar-refractivity contribution in [3.63, 3.8) is 0 Å². The maximum absolute atomic E-state index is 12.9. The topological polar surface area (TPSA) is 64.4 Å². The lowest BCUT2D eigenvalue weighted by Crippen LogP contribution is -2.13. The van der Waals surface area contributed by atoms with Crippen LogP contribution in [-0.4, -0.2) is 17.5 Å². The molecule has 0 aliphatic rings. The summed E-state index contributed by atoms with van der Waals surface area (Å²) in [5, 5.41) is 6.86. The van der Waals surface area contributed by atoms with Crippen LogP contribution in [0.1, 0.15) is 28.0 Å². The fourth-order valence-electron chi connectivity index (χ4n) is 3.04. The lowest BCUT2D eigenvalue weighted by atomic mass is 10.1. The van der Waals surface area contributed by atoms with E-state index in [0.29, 0.717) is 24.5 Å². The van der Waals surface area contributed by atoms with E-state index in [1.807, 2.05) is 67.8 Å². The number of carbonyl (C=O) groups excluding carboxylic acids is 1. The van der Waals surface area contributed by atoms with Crippen LogP contribution in [0.4, 0.5) is 5.69 Å². The van der Waals surface area contributed by atoms with Gasteiger partial charge in [0.2, 0.25) is 0 Å². The Balaban J connectivity index is 1.58. The van der Waals surface area contributed by atoms with Crippen LogP contribution in [0.5, 0.6) is 0 Å². The molecule has 0 atom stereocenters. The van der Waals surface area contributed by atoms with Crippen molar-refractivity contribution in [2.75, 3.05) is 11.9 Å². The number of aromatic nitrogens is 1. The molecule has 0 spiro atoms. The van der Waals surface area contributed by atoms with Crippen LogP contribution >= 0.6 is 11.3 Å². The van der Waals surface area contributed by atoms with Gasteiger partial charge >= 0.3 is 0 Å². The first-order chi connectivity index (χ1) is 13.7. The second-order valence-corrected chi connectivity index (χ2v) is 7.39. The Kier molecular flexibility index (Phi) is 5.23. The van der Waals surface area contributed by atoms with E-state index in [-0.39, 0.29) is 11.7 Å². The summed E-state index contributed by atoms with van der Waals surface area (Å²) in [5.41, 5.74) is 4.10. The highest BCUT2D eigenvalue weighted by Crippen LogP contribution is 2.28. The molecule has 142 valence electrons. The highest BCUT2D eigenvalue weighted by Gasteiger charge is 2.20. The van der Waals surface area contributed by atoms with Gasteiger partial charge < -0.3 is 14.5 Å². The summed E-state index contributed by atoms with van der Waals surface area (Å²) in [7, 11) is 0. The number of hydrogen-bond donors (Lipinski definition) is 1. The second-order valence-electron chi connectivity index (χ2n) is 6.33. The molecule has 2 aromatic heterocycles. The summed E-state index contributed by atoms with van der Waals surface area (Å²) < 4.78 is 11.4. The van der Waals surface area contributed by atoms with Gasteiger partial charge in [-0.15, -0.1) is 11.3 Å². The minimum atomic E-state index is -0.289. The van der Waals surface area contributed by atoms with E-state index in [0.717, 1.165) is 27.2 Å². The van der Waals surface area contributed by atoms with Gasteiger partial charge in [0.05, 0.1) is 17.3 Å². The van der Waals surface area contributed by atoms with Crippen LogP contribution in [0, 0.1) is 6.92 Å². The lowest BCUT2D eigenvalue weighted by molar-refractivity contribution is 0.0984. The number of furan rings is 1. The minimum absolute atomic E-state index is 0.286. The van der Waals surface area contributed by atoms with Crippen molar-refractivity contribution in [2.24, 2.45) is 0 Å². The first-order valence-electron chi connectivity index (χ1n) is 9.07. The molecule has 1 amide bonds. The van der Waals surface area contributed by atoms with Gasteiger partial charge in [0.1, 0.15) is 5.58 Å². The van der Waals surface area contributed by atoms with Gasteiger partial charge in [-0.1, -0.05) is 30.3 Å². The van der Waals surface area contributed by atoms with E-state index in [2.05, 4.69) is 10.3 Å². The Morgan fingerprint density at radius 3 is 2.68 bits per heavy atom. The molecule has 2 aromatic carbocycles. The molecule has 0 aliphatic carbocycles. The SMILES string of the molecule is CCOCc1c(C(=O)Nc2ccc(-c3csc(C)n3)cc2)oc2ccccc12. The first kappa shape index (κ1) is 18.4. The Labute approximate surface area is 167 Å². The number of thiazole rings is 1. The fourth-order valence-corrected chi connectivity index (χ4v) is 3.66. The molecule has 4 rings (SSSR count). The molecule has 0 saturated heterocycles. The number of carbonyl (C=O) groups is 1. The molecule has 0 saturated carbocycles. The number of ether oxygens (including phenoxy) is 1. The maximum atomic E-state index is 12.9. The molecule has 5 nitrogen and oxygen atoms in total. The smallest absolute Gasteiger partial charge is 0.291 e. The number of para-hydroxylation sites is 1. The maximum Gasteiger partial charge on any atom is 0.291 e. The largest absolute Gasteiger partial charge is 0.451 e. The minimum Gasteiger partial charge on any atom is -0.451 e. The van der Waals surface area contributed by atoms with Crippen molar-refractivity contribution in [3.8, 4) is 11.3 Å². The predicted octanol–water partition coefficient (Wildman–Crippen LogP) is 5.65. The van der Waals surface area contributed by atoms with Crippen molar-refractivity contribution in [1.29, 1.82) is 0 Å². The van der Waals surface area contributed by atoms with Crippen molar-refractivity contribution < 1.29 is 13.9 Å². The molecule has 2 heterocycles. The van der Waals surface area contributed by atoms with Gasteiger partial charge in [-0.2, -0.15) is 0 Å². The van der Waals surface area contributed by atoms with E-state index in [9.17, 15) is 4.79 Å². The van der Waals surface area contributed by atoms with Gasteiger partial charge in [-0.05, 0) is 32.0 Å². The number of benzene rings is 2. The molecular formula is C22H20N2O3S. The Morgan fingerprint density at radius 2 is 1.96 bits per heavy atom. The number of amides is 1. The summed E-state index contributed by atoms with van der Waals surface area (Å²) in [5.74, 6) is -0.00277. The van der Waals surface area contributed by atoms with Crippen molar-refractivity contribution in [3.05, 3.63) is 70.2 Å². The van der Waals surface area contributed by atoms with E-state index in [4.69, 9.17) is 9.15 Å². The van der Waals surface area contributed by atoms with E-state index in [1.165, 1.54) is 0 Å². The zero-order valence-electron chi connectivity index (χ0n) is 15.7. The van der Waals surface area contributed by atoms with Crippen LogP contribution in [0.25, 0.3) is 22.2 Å². The van der Waals surface area contributed by atoms with Crippen molar-refractivity contribution in [2.45, 2.75) is 20.5 Å². The molecular weight excluding hydrogens is 372 g/mol. The van der Waals surface area contributed by atoms with Gasteiger partial charge in [0, 0.05) is 34.2 Å². The number of rotatable bonds is 6. The number of nitrogens with zero attached hydrogens (tertiary/aromatic N) is 1. The Hall–Kier alpha value is -2.96. The monoisotopic (exact) mass is 392 g/mol. The second kappa shape index (κ2) is 7.96. The average molecular weight is 392 g/mol. The number of anilines is 1. The highest BCUT2D eigenvalue weighted by atomic mass is 32.1. The van der Waals surface area contributed by atoms with Crippen LogP contribution < -0.4 is 5.32 Å². The van der Waals surface area contributed by atoms with Gasteiger partial charge in [-0.25, -0.2) is 4.98 Å². The number of fused-ring (bicyclic) bond motifs is 1. The Bertz CT molecular complexity index is 1110. The molecule has 28 heavy (non-hydrogen) atoms. The third-order valence-electron chi connectivity index (χ3n) is 4.41. The van der Waals surface area contributed by atoms with E-state index < -0.39 is 0 Å². The third-order valence-corrected chi connectivity index (χ3v) is 5.19. The van der Waals surface area contributed by atoms with Gasteiger partial charge in [0.25, 0.3) is 5.91 Å². The summed E-state index contributed by atoms with van der Waals surface area (Å²) in [6, 6.07) is 15.2. The predicted molar refractivity (Wildman–Crippen MR) is 112 cm³/mol. The normalized spacial score (nSPS) is 11.1.